The second-order valence-electron chi connectivity index (χ2n) is 8.97. The highest BCUT2D eigenvalue weighted by Crippen LogP contribution is 2.33. The molecule has 1 heterocycles. The molecule has 1 aromatic heterocycles. The molecule has 4 aromatic rings. The smallest absolute Gasteiger partial charge is 0.493 e. The Bertz CT molecular complexity index is 1430. The summed E-state index contributed by atoms with van der Waals surface area (Å²) < 4.78 is 27.9. The molecule has 0 bridgehead atoms. The van der Waals surface area contributed by atoms with Crippen LogP contribution in [0.2, 0.25) is 0 Å². The van der Waals surface area contributed by atoms with Gasteiger partial charge in [-0.25, -0.2) is 4.79 Å². The van der Waals surface area contributed by atoms with Gasteiger partial charge in [0.1, 0.15) is 19.0 Å². The second kappa shape index (κ2) is 18.0. The maximum Gasteiger partial charge on any atom is 0.508 e. The second-order valence-corrected chi connectivity index (χ2v) is 8.97. The van der Waals surface area contributed by atoms with Crippen molar-refractivity contribution in [3.8, 4) is 17.2 Å². The summed E-state index contributed by atoms with van der Waals surface area (Å²) in [6.45, 7) is 5.17. The van der Waals surface area contributed by atoms with Crippen molar-refractivity contribution in [2.24, 2.45) is 0 Å². The van der Waals surface area contributed by atoms with Crippen LogP contribution in [-0.2, 0) is 14.3 Å². The minimum atomic E-state index is -0.856. The van der Waals surface area contributed by atoms with E-state index in [9.17, 15) is 14.9 Å². The summed E-state index contributed by atoms with van der Waals surface area (Å²) in [5.41, 5.74) is 1.93. The van der Waals surface area contributed by atoms with Gasteiger partial charge in [-0.1, -0.05) is 50.2 Å². The molecule has 12 nitrogen and oxygen atoms in total. The van der Waals surface area contributed by atoms with Crippen molar-refractivity contribution >= 4 is 28.0 Å². The van der Waals surface area contributed by atoms with E-state index >= 15 is 0 Å². The van der Waals surface area contributed by atoms with Crippen LogP contribution in [0.4, 0.5) is 4.79 Å². The van der Waals surface area contributed by atoms with Gasteiger partial charge in [-0.15, -0.1) is 10.1 Å². The Hall–Kier alpha value is -4.71. The van der Waals surface area contributed by atoms with Crippen molar-refractivity contribution in [3.63, 3.8) is 0 Å². The van der Waals surface area contributed by atoms with Crippen LogP contribution in [0.3, 0.4) is 0 Å². The molecule has 2 N–H and O–H groups in total. The lowest BCUT2D eigenvalue weighted by Gasteiger charge is -2.19. The van der Waals surface area contributed by atoms with Gasteiger partial charge < -0.3 is 38.8 Å². The van der Waals surface area contributed by atoms with Gasteiger partial charge in [-0.05, 0) is 43.2 Å². The summed E-state index contributed by atoms with van der Waals surface area (Å²) in [5, 5.41) is 14.6. The predicted octanol–water partition coefficient (Wildman–Crippen LogP) is 5.91. The van der Waals surface area contributed by atoms with Crippen molar-refractivity contribution in [2.75, 3.05) is 46.6 Å². The van der Waals surface area contributed by atoms with E-state index in [0.29, 0.717) is 43.2 Å². The number of aromatic amines is 1. The summed E-state index contributed by atoms with van der Waals surface area (Å²) >= 11 is 0. The van der Waals surface area contributed by atoms with E-state index in [1.54, 1.807) is 7.11 Å². The van der Waals surface area contributed by atoms with E-state index in [2.05, 4.69) is 15.1 Å². The zero-order chi connectivity index (χ0) is 30.9. The van der Waals surface area contributed by atoms with Crippen LogP contribution in [0.5, 0.6) is 17.2 Å². The zero-order valence-corrected chi connectivity index (χ0v) is 24.7. The van der Waals surface area contributed by atoms with Crippen molar-refractivity contribution in [1.82, 2.24) is 10.3 Å². The highest BCUT2D eigenvalue weighted by Gasteiger charge is 2.18. The number of H-pyrrole nitrogens is 1. The molecule has 1 unspecified atom stereocenters. The summed E-state index contributed by atoms with van der Waals surface area (Å²) in [6.07, 6.45) is -0.771. The van der Waals surface area contributed by atoms with E-state index < -0.39 is 17.3 Å². The van der Waals surface area contributed by atoms with E-state index in [1.165, 1.54) is 0 Å². The number of fused-ring (bicyclic) bond motifs is 3. The van der Waals surface area contributed by atoms with Crippen LogP contribution in [0.25, 0.3) is 21.8 Å². The normalized spacial score (nSPS) is 11.2. The van der Waals surface area contributed by atoms with Crippen molar-refractivity contribution in [2.45, 2.75) is 32.8 Å². The van der Waals surface area contributed by atoms with Crippen molar-refractivity contribution < 1.29 is 38.4 Å². The number of ether oxygens (including phenoxy) is 5. The number of aromatic nitrogens is 1. The van der Waals surface area contributed by atoms with Gasteiger partial charge in [-0.3, -0.25) is 0 Å². The molecule has 0 saturated heterocycles. The number of carbonyl (C=O) groups excluding carboxylic acids is 1. The van der Waals surface area contributed by atoms with Gasteiger partial charge in [-0.2, -0.15) is 0 Å². The fraction of sp³-hybridized carbons (Fsp3) is 0.387. The molecule has 0 aliphatic rings. The van der Waals surface area contributed by atoms with Gasteiger partial charge in [0.2, 0.25) is 0 Å². The SMILES string of the molecule is CC.COc1ccccc1OCCNCC(COc1cccc2[nH]c3ccccc3c12)OC(=O)OCCCCO[N+](=O)[O-]. The quantitative estimate of drug-likeness (QED) is 0.0652. The van der Waals surface area contributed by atoms with E-state index in [-0.39, 0.29) is 26.4 Å². The Balaban J connectivity index is 0.00000248. The van der Waals surface area contributed by atoms with Crippen LogP contribution in [0.15, 0.2) is 66.7 Å². The number of rotatable bonds is 17. The first-order valence-corrected chi connectivity index (χ1v) is 14.2. The number of para-hydroxylation sites is 3. The van der Waals surface area contributed by atoms with Crippen LogP contribution in [0, 0.1) is 10.1 Å². The number of methoxy groups -OCH3 is 1. The highest BCUT2D eigenvalue weighted by atomic mass is 16.9. The van der Waals surface area contributed by atoms with Crippen LogP contribution >= 0.6 is 0 Å². The Labute approximate surface area is 250 Å². The standard InChI is InChI=1S/C29H33N3O9.C2H6/c1-36-25-12-4-5-13-26(25)37-18-15-30-19-21(41-29(33)38-16-6-7-17-40-32(34)35)20-39-27-14-8-11-24-28(27)22-9-2-3-10-23(22)31-24;1-2/h2-5,8-14,21,30-31H,6-7,15-20H2,1H3;1-2H3. The van der Waals surface area contributed by atoms with Crippen LogP contribution in [0.1, 0.15) is 26.7 Å². The van der Waals surface area contributed by atoms with Crippen molar-refractivity contribution in [3.05, 3.63) is 76.8 Å². The van der Waals surface area contributed by atoms with Crippen molar-refractivity contribution in [1.29, 1.82) is 0 Å². The summed E-state index contributed by atoms with van der Waals surface area (Å²) in [6, 6.07) is 21.1. The van der Waals surface area contributed by atoms with Crippen LogP contribution in [-0.4, -0.2) is 69.0 Å². The average Bonchev–Trinajstić information content (AvgIpc) is 3.41. The first-order valence-electron chi connectivity index (χ1n) is 14.2. The predicted molar refractivity (Wildman–Crippen MR) is 162 cm³/mol. The Morgan fingerprint density at radius 3 is 2.37 bits per heavy atom. The lowest BCUT2D eigenvalue weighted by molar-refractivity contribution is -0.757. The molecule has 4 rings (SSSR count). The topological polar surface area (TPSA) is 143 Å². The first-order chi connectivity index (χ1) is 21.0. The first kappa shape index (κ1) is 32.8. The fourth-order valence-electron chi connectivity index (χ4n) is 4.21. The summed E-state index contributed by atoms with van der Waals surface area (Å²) in [7, 11) is 1.58. The number of nitrogens with zero attached hydrogens (tertiary/aromatic N) is 1. The number of hydrogen-bond donors (Lipinski definition) is 2. The monoisotopic (exact) mass is 597 g/mol. The molecule has 3 aromatic carbocycles. The molecule has 12 heteroatoms. The molecule has 232 valence electrons. The molecule has 0 spiro atoms. The molecule has 43 heavy (non-hydrogen) atoms. The van der Waals surface area contributed by atoms with Gasteiger partial charge in [0.25, 0.3) is 5.09 Å². The third-order valence-electron chi connectivity index (χ3n) is 6.11. The maximum atomic E-state index is 12.4. The molecule has 0 saturated carbocycles. The number of benzene rings is 3. The Kier molecular flexibility index (Phi) is 13.7. The minimum Gasteiger partial charge on any atom is -0.493 e. The lowest BCUT2D eigenvalue weighted by Crippen LogP contribution is -2.37. The third-order valence-corrected chi connectivity index (χ3v) is 6.11. The molecule has 0 fully saturated rings. The average molecular weight is 598 g/mol. The lowest BCUT2D eigenvalue weighted by atomic mass is 10.1. The van der Waals surface area contributed by atoms with E-state index in [4.69, 9.17) is 23.7 Å². The molecule has 0 aliphatic carbocycles. The molecule has 1 atom stereocenters. The summed E-state index contributed by atoms with van der Waals surface area (Å²) in [5.74, 6) is 1.93. The van der Waals surface area contributed by atoms with Gasteiger partial charge in [0, 0.05) is 29.4 Å². The fourth-order valence-corrected chi connectivity index (χ4v) is 4.21. The molecular weight excluding hydrogens is 558 g/mol. The number of nitrogens with one attached hydrogen (secondary N) is 2. The molecule has 0 amide bonds. The number of unbranched alkanes of at least 4 members (excludes halogenated alkanes) is 1. The molecule has 0 radical (unpaired) electrons. The van der Waals surface area contributed by atoms with Gasteiger partial charge >= 0.3 is 6.16 Å². The number of carbonyl (C=O) groups is 1. The largest absolute Gasteiger partial charge is 0.508 e. The van der Waals surface area contributed by atoms with Gasteiger partial charge in [0.05, 0.1) is 25.8 Å². The highest BCUT2D eigenvalue weighted by molar-refractivity contribution is 6.10. The minimum absolute atomic E-state index is 0.0440. The Morgan fingerprint density at radius 1 is 0.884 bits per heavy atom. The van der Waals surface area contributed by atoms with Crippen LogP contribution < -0.4 is 19.5 Å². The number of hydrogen-bond acceptors (Lipinski definition) is 10. The molecule has 0 aliphatic heterocycles. The zero-order valence-electron chi connectivity index (χ0n) is 24.7. The molecular formula is C31H39N3O9. The Morgan fingerprint density at radius 2 is 1.58 bits per heavy atom. The van der Waals surface area contributed by atoms with Gasteiger partial charge in [0.15, 0.2) is 17.6 Å². The third kappa shape index (κ3) is 10.3. The van der Waals surface area contributed by atoms with E-state index in [0.717, 1.165) is 21.8 Å². The van der Waals surface area contributed by atoms with E-state index in [1.807, 2.05) is 80.6 Å². The summed E-state index contributed by atoms with van der Waals surface area (Å²) in [4.78, 5) is 30.2. The maximum absolute atomic E-state index is 12.4.